The van der Waals surface area contributed by atoms with Crippen LogP contribution < -0.4 is 15.5 Å². The predicted molar refractivity (Wildman–Crippen MR) is 107 cm³/mol. The zero-order chi connectivity index (χ0) is 20.5. The number of ether oxygens (including phenoxy) is 1. The van der Waals surface area contributed by atoms with E-state index in [0.717, 1.165) is 31.6 Å². The number of unbranched alkanes of at least 4 members (excludes halogenated alkanes) is 1. The van der Waals surface area contributed by atoms with Crippen molar-refractivity contribution in [3.8, 4) is 0 Å². The van der Waals surface area contributed by atoms with Crippen LogP contribution in [-0.4, -0.2) is 68.7 Å². The molecule has 0 aromatic heterocycles. The Morgan fingerprint density at radius 1 is 1.18 bits per heavy atom. The van der Waals surface area contributed by atoms with E-state index in [-0.39, 0.29) is 24.5 Å². The Morgan fingerprint density at radius 2 is 1.89 bits per heavy atom. The van der Waals surface area contributed by atoms with Gasteiger partial charge in [-0.05, 0) is 37.6 Å². The predicted octanol–water partition coefficient (Wildman–Crippen LogP) is 1.61. The molecule has 154 valence electrons. The molecule has 1 fully saturated rings. The average Bonchev–Trinajstić information content (AvgIpc) is 2.69. The Labute approximate surface area is 166 Å². The van der Waals surface area contributed by atoms with Gasteiger partial charge in [0, 0.05) is 37.9 Å². The molecule has 2 N–H and O–H groups in total. The fourth-order valence-corrected chi connectivity index (χ4v) is 3.16. The van der Waals surface area contributed by atoms with Gasteiger partial charge in [-0.3, -0.25) is 15.0 Å². The van der Waals surface area contributed by atoms with Crippen molar-refractivity contribution in [2.24, 2.45) is 0 Å². The molecule has 3 amide bonds. The van der Waals surface area contributed by atoms with Gasteiger partial charge in [0.2, 0.25) is 5.91 Å². The van der Waals surface area contributed by atoms with Gasteiger partial charge in [-0.2, -0.15) is 0 Å². The molecule has 8 nitrogen and oxygen atoms in total. The Bertz CT molecular complexity index is 677. The van der Waals surface area contributed by atoms with Gasteiger partial charge in [-0.1, -0.05) is 13.3 Å². The lowest BCUT2D eigenvalue weighted by atomic mass is 10.1. The summed E-state index contributed by atoms with van der Waals surface area (Å²) in [4.78, 5) is 39.6. The third kappa shape index (κ3) is 6.23. The molecule has 28 heavy (non-hydrogen) atoms. The highest BCUT2D eigenvalue weighted by Gasteiger charge is 2.26. The number of esters is 1. The quantitative estimate of drug-likeness (QED) is 0.543. The number of benzene rings is 1. The number of urea groups is 1. The monoisotopic (exact) mass is 390 g/mol. The number of nitrogens with one attached hydrogen (secondary N) is 2. The van der Waals surface area contributed by atoms with Crippen molar-refractivity contribution in [1.82, 2.24) is 15.5 Å². The molecular formula is C20H30N4O4. The first-order valence-electron chi connectivity index (χ1n) is 9.69. The van der Waals surface area contributed by atoms with Crippen LogP contribution in [0, 0.1) is 0 Å². The van der Waals surface area contributed by atoms with Gasteiger partial charge in [-0.25, -0.2) is 9.59 Å². The highest BCUT2D eigenvalue weighted by atomic mass is 16.5. The zero-order valence-electron chi connectivity index (χ0n) is 16.9. The Morgan fingerprint density at radius 3 is 2.50 bits per heavy atom. The van der Waals surface area contributed by atoms with Crippen LogP contribution in [0.3, 0.4) is 0 Å². The second-order valence-electron chi connectivity index (χ2n) is 6.96. The van der Waals surface area contributed by atoms with Gasteiger partial charge in [-0.15, -0.1) is 0 Å². The molecule has 0 bridgehead atoms. The van der Waals surface area contributed by atoms with Crippen LogP contribution in [0.1, 0.15) is 37.0 Å². The molecule has 1 aliphatic heterocycles. The van der Waals surface area contributed by atoms with Crippen LogP contribution >= 0.6 is 0 Å². The molecule has 1 saturated heterocycles. The number of carbonyl (C=O) groups excluding carboxylic acids is 3. The van der Waals surface area contributed by atoms with E-state index in [4.69, 9.17) is 4.74 Å². The van der Waals surface area contributed by atoms with Gasteiger partial charge in [0.05, 0.1) is 19.2 Å². The highest BCUT2D eigenvalue weighted by Crippen LogP contribution is 2.20. The number of nitrogens with zero attached hydrogens (tertiary/aromatic N) is 2. The molecule has 0 aliphatic carbocycles. The van der Waals surface area contributed by atoms with Crippen molar-refractivity contribution in [1.29, 1.82) is 0 Å². The number of methoxy groups -OCH3 is 1. The molecule has 8 heteroatoms. The fraction of sp³-hybridized carbons (Fsp3) is 0.550. The molecule has 0 saturated carbocycles. The summed E-state index contributed by atoms with van der Waals surface area (Å²) in [7, 11) is 1.36. The van der Waals surface area contributed by atoms with Crippen LogP contribution in [0.4, 0.5) is 10.5 Å². The molecule has 1 aromatic carbocycles. The Kier molecular flexibility index (Phi) is 8.25. The second-order valence-corrected chi connectivity index (χ2v) is 6.96. The molecule has 0 radical (unpaired) electrons. The summed E-state index contributed by atoms with van der Waals surface area (Å²) in [6, 6.07) is 7.04. The minimum Gasteiger partial charge on any atom is -0.465 e. The molecule has 2 rings (SSSR count). The van der Waals surface area contributed by atoms with Gasteiger partial charge in [0.1, 0.15) is 0 Å². The number of amides is 3. The average molecular weight is 390 g/mol. The van der Waals surface area contributed by atoms with E-state index in [1.54, 1.807) is 12.1 Å². The largest absolute Gasteiger partial charge is 0.465 e. The summed E-state index contributed by atoms with van der Waals surface area (Å²) in [5, 5.41) is 5.06. The minimum absolute atomic E-state index is 0.155. The Balaban J connectivity index is 1.82. The smallest absolute Gasteiger partial charge is 0.337 e. The lowest BCUT2D eigenvalue weighted by molar-refractivity contribution is -0.121. The number of rotatable bonds is 7. The number of piperazine rings is 1. The molecule has 1 aromatic rings. The topological polar surface area (TPSA) is 91.0 Å². The second kappa shape index (κ2) is 10.7. The maximum Gasteiger partial charge on any atom is 0.337 e. The molecule has 1 aliphatic rings. The summed E-state index contributed by atoms with van der Waals surface area (Å²) in [5.41, 5.74) is 1.55. The molecule has 1 unspecified atom stereocenters. The van der Waals surface area contributed by atoms with Gasteiger partial charge >= 0.3 is 12.0 Å². The zero-order valence-corrected chi connectivity index (χ0v) is 16.9. The standard InChI is InChI=1S/C20H30N4O4/c1-4-5-10-21-20(27)22-18(25)14-23-11-12-24(13-15(23)2)17-8-6-16(7-9-17)19(26)28-3/h6-9,15H,4-5,10-14H2,1-3H3,(H2,21,22,25,27). The fourth-order valence-electron chi connectivity index (χ4n) is 3.16. The molecule has 0 spiro atoms. The Hall–Kier alpha value is -2.61. The summed E-state index contributed by atoms with van der Waals surface area (Å²) in [6.45, 7) is 7.09. The van der Waals surface area contributed by atoms with E-state index >= 15 is 0 Å². The molecule has 1 heterocycles. The van der Waals surface area contributed by atoms with Gasteiger partial charge in [0.25, 0.3) is 0 Å². The van der Waals surface area contributed by atoms with Crippen LogP contribution in [0.5, 0.6) is 0 Å². The van der Waals surface area contributed by atoms with Crippen molar-refractivity contribution < 1.29 is 19.1 Å². The van der Waals surface area contributed by atoms with Crippen molar-refractivity contribution >= 4 is 23.6 Å². The van der Waals surface area contributed by atoms with E-state index in [2.05, 4.69) is 27.4 Å². The third-order valence-electron chi connectivity index (χ3n) is 4.83. The van der Waals surface area contributed by atoms with Gasteiger partial charge < -0.3 is 15.0 Å². The van der Waals surface area contributed by atoms with Crippen LogP contribution in [0.2, 0.25) is 0 Å². The van der Waals surface area contributed by atoms with E-state index < -0.39 is 6.03 Å². The minimum atomic E-state index is -0.435. The van der Waals surface area contributed by atoms with Crippen molar-refractivity contribution in [2.75, 3.05) is 44.7 Å². The van der Waals surface area contributed by atoms with E-state index in [0.29, 0.717) is 18.7 Å². The normalized spacial score (nSPS) is 17.1. The number of carbonyl (C=O) groups is 3. The van der Waals surface area contributed by atoms with E-state index in [9.17, 15) is 14.4 Å². The first-order valence-corrected chi connectivity index (χ1v) is 9.69. The highest BCUT2D eigenvalue weighted by molar-refractivity contribution is 5.95. The van der Waals surface area contributed by atoms with Crippen molar-refractivity contribution in [3.63, 3.8) is 0 Å². The number of hydrogen-bond acceptors (Lipinski definition) is 6. The maximum atomic E-state index is 12.1. The molecule has 1 atom stereocenters. The van der Waals surface area contributed by atoms with Crippen LogP contribution in [0.15, 0.2) is 24.3 Å². The summed E-state index contributed by atoms with van der Waals surface area (Å²) in [6.07, 6.45) is 1.88. The maximum absolute atomic E-state index is 12.1. The number of anilines is 1. The first kappa shape index (κ1) is 21.7. The van der Waals surface area contributed by atoms with Crippen molar-refractivity contribution in [3.05, 3.63) is 29.8 Å². The van der Waals surface area contributed by atoms with Crippen LogP contribution in [-0.2, 0) is 9.53 Å². The van der Waals surface area contributed by atoms with Crippen molar-refractivity contribution in [2.45, 2.75) is 32.7 Å². The first-order chi connectivity index (χ1) is 13.4. The lowest BCUT2D eigenvalue weighted by Crippen LogP contribution is -2.55. The van der Waals surface area contributed by atoms with Gasteiger partial charge in [0.15, 0.2) is 0 Å². The van der Waals surface area contributed by atoms with E-state index in [1.807, 2.05) is 19.1 Å². The number of hydrogen-bond donors (Lipinski definition) is 2. The summed E-state index contributed by atoms with van der Waals surface area (Å²) >= 11 is 0. The van der Waals surface area contributed by atoms with Crippen LogP contribution in [0.25, 0.3) is 0 Å². The third-order valence-corrected chi connectivity index (χ3v) is 4.83. The van der Waals surface area contributed by atoms with E-state index in [1.165, 1.54) is 7.11 Å². The summed E-state index contributed by atoms with van der Waals surface area (Å²) < 4.78 is 4.72. The molecular weight excluding hydrogens is 360 g/mol. The lowest BCUT2D eigenvalue weighted by Gasteiger charge is -2.40. The summed E-state index contributed by atoms with van der Waals surface area (Å²) in [5.74, 6) is -0.647. The SMILES string of the molecule is CCCCNC(=O)NC(=O)CN1CCN(c2ccc(C(=O)OC)cc2)CC1C. The number of imide groups is 1.